The molecule has 0 N–H and O–H groups in total. The first-order valence-corrected chi connectivity index (χ1v) is 9.11. The number of sulfonamides is 1. The highest BCUT2D eigenvalue weighted by Gasteiger charge is 2.24. The van der Waals surface area contributed by atoms with Crippen molar-refractivity contribution in [2.24, 2.45) is 0 Å². The lowest BCUT2D eigenvalue weighted by atomic mass is 10.1. The molecule has 0 bridgehead atoms. The molecule has 0 unspecified atom stereocenters. The van der Waals surface area contributed by atoms with Gasteiger partial charge in [-0.1, -0.05) is 30.3 Å². The number of nitrogens with zero attached hydrogens (tertiary/aromatic N) is 1. The summed E-state index contributed by atoms with van der Waals surface area (Å²) in [6, 6.07) is 17.8. The fourth-order valence-corrected chi connectivity index (χ4v) is 3.89. The summed E-state index contributed by atoms with van der Waals surface area (Å²) in [5, 5.41) is 1.86. The highest BCUT2D eigenvalue weighted by atomic mass is 32.2. The molecule has 0 aromatic heterocycles. The van der Waals surface area contributed by atoms with Gasteiger partial charge in [0.15, 0.2) is 0 Å². The van der Waals surface area contributed by atoms with E-state index in [1.807, 2.05) is 24.3 Å². The Balaban J connectivity index is 2.09. The fourth-order valence-electron chi connectivity index (χ4n) is 2.66. The van der Waals surface area contributed by atoms with E-state index in [1.54, 1.807) is 36.4 Å². The molecule has 0 spiro atoms. The zero-order chi connectivity index (χ0) is 18.0. The molecule has 0 aliphatic heterocycles. The van der Waals surface area contributed by atoms with Crippen molar-refractivity contribution in [3.8, 4) is 11.5 Å². The lowest BCUT2D eigenvalue weighted by Gasteiger charge is -2.22. The molecule has 0 saturated carbocycles. The number of ether oxygens (including phenoxy) is 2. The Morgan fingerprint density at radius 2 is 1.56 bits per heavy atom. The van der Waals surface area contributed by atoms with Crippen molar-refractivity contribution in [2.75, 3.05) is 25.6 Å². The molecule has 3 aromatic carbocycles. The third kappa shape index (κ3) is 3.13. The smallest absolute Gasteiger partial charge is 0.264 e. The van der Waals surface area contributed by atoms with Gasteiger partial charge in [0, 0.05) is 13.1 Å². The second-order valence-electron chi connectivity index (χ2n) is 5.52. The molecule has 0 amide bonds. The number of methoxy groups -OCH3 is 2. The molecule has 130 valence electrons. The van der Waals surface area contributed by atoms with E-state index in [2.05, 4.69) is 0 Å². The summed E-state index contributed by atoms with van der Waals surface area (Å²) in [5.74, 6) is 1.00. The van der Waals surface area contributed by atoms with Crippen molar-refractivity contribution >= 4 is 26.5 Å². The Kier molecular flexibility index (Phi) is 4.55. The van der Waals surface area contributed by atoms with Crippen LogP contribution in [0.3, 0.4) is 0 Å². The van der Waals surface area contributed by atoms with Crippen LogP contribution in [0.5, 0.6) is 11.5 Å². The lowest BCUT2D eigenvalue weighted by Crippen LogP contribution is -2.27. The van der Waals surface area contributed by atoms with Gasteiger partial charge in [-0.2, -0.15) is 0 Å². The first-order chi connectivity index (χ1) is 12.0. The van der Waals surface area contributed by atoms with Crippen LogP contribution in [-0.4, -0.2) is 29.7 Å². The maximum absolute atomic E-state index is 13.1. The van der Waals surface area contributed by atoms with Gasteiger partial charge in [0.25, 0.3) is 10.0 Å². The number of hydrogen-bond donors (Lipinski definition) is 0. The van der Waals surface area contributed by atoms with Crippen LogP contribution in [0.1, 0.15) is 0 Å². The van der Waals surface area contributed by atoms with Crippen molar-refractivity contribution in [3.05, 3.63) is 60.7 Å². The van der Waals surface area contributed by atoms with E-state index in [0.717, 1.165) is 10.8 Å². The largest absolute Gasteiger partial charge is 0.497 e. The van der Waals surface area contributed by atoms with Gasteiger partial charge in [-0.15, -0.1) is 0 Å². The first-order valence-electron chi connectivity index (χ1n) is 7.67. The summed E-state index contributed by atoms with van der Waals surface area (Å²) in [4.78, 5) is 0.221. The Morgan fingerprint density at radius 3 is 2.24 bits per heavy atom. The predicted octanol–water partition coefficient (Wildman–Crippen LogP) is 3.68. The maximum Gasteiger partial charge on any atom is 0.264 e. The van der Waals surface area contributed by atoms with Crippen LogP contribution < -0.4 is 13.8 Å². The molecule has 0 radical (unpaired) electrons. The van der Waals surface area contributed by atoms with Gasteiger partial charge in [0.05, 0.1) is 24.8 Å². The minimum atomic E-state index is -3.74. The van der Waals surface area contributed by atoms with Crippen molar-refractivity contribution < 1.29 is 17.9 Å². The molecule has 0 atom stereocenters. The van der Waals surface area contributed by atoms with Gasteiger partial charge in [0.2, 0.25) is 0 Å². The molecule has 5 nitrogen and oxygen atoms in total. The molecule has 0 aliphatic rings. The fraction of sp³-hybridized carbons (Fsp3) is 0.158. The van der Waals surface area contributed by atoms with Gasteiger partial charge in [-0.3, -0.25) is 4.31 Å². The molecule has 0 aliphatic carbocycles. The predicted molar refractivity (Wildman–Crippen MR) is 99.1 cm³/mol. The number of benzene rings is 3. The number of anilines is 1. The number of rotatable bonds is 5. The van der Waals surface area contributed by atoms with Gasteiger partial charge in [-0.05, 0) is 35.0 Å². The number of hydrogen-bond acceptors (Lipinski definition) is 4. The van der Waals surface area contributed by atoms with Gasteiger partial charge in [0.1, 0.15) is 11.5 Å². The van der Waals surface area contributed by atoms with E-state index < -0.39 is 10.0 Å². The monoisotopic (exact) mass is 357 g/mol. The molecule has 3 aromatic rings. The zero-order valence-corrected chi connectivity index (χ0v) is 15.1. The van der Waals surface area contributed by atoms with Crippen LogP contribution in [0.2, 0.25) is 0 Å². The molecule has 0 saturated heterocycles. The van der Waals surface area contributed by atoms with E-state index in [9.17, 15) is 8.42 Å². The van der Waals surface area contributed by atoms with Crippen molar-refractivity contribution in [2.45, 2.75) is 4.90 Å². The molecule has 6 heteroatoms. The molecular weight excluding hydrogens is 338 g/mol. The summed E-state index contributed by atoms with van der Waals surface area (Å²) in [6.45, 7) is 0. The highest BCUT2D eigenvalue weighted by Crippen LogP contribution is 2.35. The number of fused-ring (bicyclic) bond motifs is 1. The van der Waals surface area contributed by atoms with Crippen LogP contribution in [0.25, 0.3) is 10.8 Å². The standard InChI is InChI=1S/C19H19NO4S/c1-20(18-13-16(23-2)9-11-19(18)24-3)25(21,22)17-10-8-14-6-4-5-7-15(14)12-17/h4-13H,1-3H3. The normalized spacial score (nSPS) is 11.3. The minimum absolute atomic E-state index is 0.221. The maximum atomic E-state index is 13.1. The molecule has 0 heterocycles. The second kappa shape index (κ2) is 6.64. The Hall–Kier alpha value is -2.73. The summed E-state index contributed by atoms with van der Waals surface area (Å²) < 4.78 is 37.9. The van der Waals surface area contributed by atoms with E-state index in [0.29, 0.717) is 17.2 Å². The molecule has 0 fully saturated rings. The lowest BCUT2D eigenvalue weighted by molar-refractivity contribution is 0.404. The average molecular weight is 357 g/mol. The summed E-state index contributed by atoms with van der Waals surface area (Å²) in [6.07, 6.45) is 0. The Labute approximate surface area is 147 Å². The van der Waals surface area contributed by atoms with Crippen LogP contribution in [0.15, 0.2) is 65.6 Å². The van der Waals surface area contributed by atoms with E-state index in [1.165, 1.54) is 25.6 Å². The van der Waals surface area contributed by atoms with Crippen molar-refractivity contribution in [1.29, 1.82) is 0 Å². The van der Waals surface area contributed by atoms with Gasteiger partial charge >= 0.3 is 0 Å². The molecular formula is C19H19NO4S. The molecule has 3 rings (SSSR count). The van der Waals surface area contributed by atoms with Crippen LogP contribution >= 0.6 is 0 Å². The van der Waals surface area contributed by atoms with Crippen LogP contribution in [0, 0.1) is 0 Å². The first kappa shape index (κ1) is 17.1. The second-order valence-corrected chi connectivity index (χ2v) is 7.49. The summed E-state index contributed by atoms with van der Waals surface area (Å²) in [5.41, 5.74) is 0.412. The topological polar surface area (TPSA) is 55.8 Å². The zero-order valence-electron chi connectivity index (χ0n) is 14.3. The SMILES string of the molecule is COc1ccc(OC)c(N(C)S(=O)(=O)c2ccc3ccccc3c2)c1. The minimum Gasteiger partial charge on any atom is -0.497 e. The average Bonchev–Trinajstić information content (AvgIpc) is 2.66. The van der Waals surface area contributed by atoms with E-state index >= 15 is 0 Å². The van der Waals surface area contributed by atoms with Crippen molar-refractivity contribution in [1.82, 2.24) is 0 Å². The van der Waals surface area contributed by atoms with E-state index in [-0.39, 0.29) is 4.90 Å². The Bertz CT molecular complexity index is 1010. The van der Waals surface area contributed by atoms with Crippen molar-refractivity contribution in [3.63, 3.8) is 0 Å². The third-order valence-corrected chi connectivity index (χ3v) is 5.87. The quantitative estimate of drug-likeness (QED) is 0.699. The summed E-state index contributed by atoms with van der Waals surface area (Å²) >= 11 is 0. The highest BCUT2D eigenvalue weighted by molar-refractivity contribution is 7.92. The van der Waals surface area contributed by atoms with Crippen LogP contribution in [-0.2, 0) is 10.0 Å². The third-order valence-electron chi connectivity index (χ3n) is 4.10. The van der Waals surface area contributed by atoms with Gasteiger partial charge in [-0.25, -0.2) is 8.42 Å². The van der Waals surface area contributed by atoms with E-state index in [4.69, 9.17) is 9.47 Å². The summed E-state index contributed by atoms with van der Waals surface area (Å²) in [7, 11) is 0.791. The van der Waals surface area contributed by atoms with Crippen LogP contribution in [0.4, 0.5) is 5.69 Å². The molecule has 25 heavy (non-hydrogen) atoms. The van der Waals surface area contributed by atoms with Gasteiger partial charge < -0.3 is 9.47 Å². The Morgan fingerprint density at radius 1 is 0.840 bits per heavy atom.